The molecule has 0 radical (unpaired) electrons. The standard InChI is InChI=1S/C15H21ClFN/c1-4-8-18-12(9-11(2)3)10-13-14(16)6-5-7-15(13)17/h5-7,12,18H,2,4,8-10H2,1,3H3. The van der Waals surface area contributed by atoms with Crippen molar-refractivity contribution >= 4 is 11.6 Å². The second-order valence-corrected chi connectivity index (χ2v) is 5.12. The third-order valence-corrected chi connectivity index (χ3v) is 3.14. The lowest BCUT2D eigenvalue weighted by Gasteiger charge is -2.19. The largest absolute Gasteiger partial charge is 0.313 e. The van der Waals surface area contributed by atoms with Crippen LogP contribution in [0.5, 0.6) is 0 Å². The molecule has 1 rings (SSSR count). The van der Waals surface area contributed by atoms with E-state index >= 15 is 0 Å². The summed E-state index contributed by atoms with van der Waals surface area (Å²) < 4.78 is 13.7. The number of rotatable bonds is 7. The van der Waals surface area contributed by atoms with Crippen molar-refractivity contribution in [2.75, 3.05) is 6.54 Å². The summed E-state index contributed by atoms with van der Waals surface area (Å²) in [7, 11) is 0. The van der Waals surface area contributed by atoms with E-state index in [0.717, 1.165) is 25.0 Å². The van der Waals surface area contributed by atoms with E-state index in [-0.39, 0.29) is 11.9 Å². The summed E-state index contributed by atoms with van der Waals surface area (Å²) in [5.41, 5.74) is 1.69. The monoisotopic (exact) mass is 269 g/mol. The van der Waals surface area contributed by atoms with Gasteiger partial charge in [0.1, 0.15) is 5.82 Å². The molecule has 0 amide bonds. The Morgan fingerprint density at radius 2 is 2.22 bits per heavy atom. The molecule has 1 aromatic rings. The molecule has 0 heterocycles. The van der Waals surface area contributed by atoms with Gasteiger partial charge in [-0.25, -0.2) is 4.39 Å². The minimum atomic E-state index is -0.229. The summed E-state index contributed by atoms with van der Waals surface area (Å²) in [6, 6.07) is 5.02. The van der Waals surface area contributed by atoms with Gasteiger partial charge in [0, 0.05) is 16.6 Å². The van der Waals surface area contributed by atoms with Gasteiger partial charge in [0.15, 0.2) is 0 Å². The van der Waals surface area contributed by atoms with Crippen LogP contribution in [0.25, 0.3) is 0 Å². The summed E-state index contributed by atoms with van der Waals surface area (Å²) in [6.45, 7) is 8.95. The lowest BCUT2D eigenvalue weighted by molar-refractivity contribution is 0.491. The van der Waals surface area contributed by atoms with E-state index in [1.54, 1.807) is 12.1 Å². The van der Waals surface area contributed by atoms with Gasteiger partial charge in [-0.1, -0.05) is 30.2 Å². The molecule has 1 N–H and O–H groups in total. The molecule has 1 aromatic carbocycles. The quantitative estimate of drug-likeness (QED) is 0.726. The van der Waals surface area contributed by atoms with Crippen LogP contribution in [0.4, 0.5) is 4.39 Å². The zero-order valence-corrected chi connectivity index (χ0v) is 11.9. The molecular formula is C15H21ClFN. The Hall–Kier alpha value is -0.860. The van der Waals surface area contributed by atoms with Crippen LogP contribution in [0.2, 0.25) is 5.02 Å². The molecule has 100 valence electrons. The maximum absolute atomic E-state index is 13.7. The van der Waals surface area contributed by atoms with Crippen LogP contribution in [0, 0.1) is 5.82 Å². The van der Waals surface area contributed by atoms with E-state index in [4.69, 9.17) is 11.6 Å². The first-order valence-corrected chi connectivity index (χ1v) is 6.73. The normalized spacial score (nSPS) is 12.4. The number of hydrogen-bond donors (Lipinski definition) is 1. The lowest BCUT2D eigenvalue weighted by Crippen LogP contribution is -2.32. The van der Waals surface area contributed by atoms with Crippen LogP contribution in [-0.4, -0.2) is 12.6 Å². The fourth-order valence-electron chi connectivity index (χ4n) is 1.96. The molecular weight excluding hydrogens is 249 g/mol. The zero-order chi connectivity index (χ0) is 13.5. The maximum atomic E-state index is 13.7. The van der Waals surface area contributed by atoms with Crippen molar-refractivity contribution in [3.05, 3.63) is 46.8 Å². The van der Waals surface area contributed by atoms with Crippen molar-refractivity contribution in [3.63, 3.8) is 0 Å². The van der Waals surface area contributed by atoms with E-state index in [2.05, 4.69) is 18.8 Å². The number of nitrogens with one attached hydrogen (secondary N) is 1. The zero-order valence-electron chi connectivity index (χ0n) is 11.1. The van der Waals surface area contributed by atoms with Gasteiger partial charge in [-0.3, -0.25) is 0 Å². The molecule has 18 heavy (non-hydrogen) atoms. The second kappa shape index (κ2) is 7.55. The van der Waals surface area contributed by atoms with Gasteiger partial charge in [-0.05, 0) is 44.9 Å². The fourth-order valence-corrected chi connectivity index (χ4v) is 2.20. The molecule has 0 aliphatic carbocycles. The van der Waals surface area contributed by atoms with Crippen molar-refractivity contribution in [1.82, 2.24) is 5.32 Å². The highest BCUT2D eigenvalue weighted by atomic mass is 35.5. The molecule has 0 saturated carbocycles. The summed E-state index contributed by atoms with van der Waals surface area (Å²) in [6.07, 6.45) is 2.49. The molecule has 0 aliphatic rings. The Morgan fingerprint density at radius 3 is 2.78 bits per heavy atom. The molecule has 3 heteroatoms. The summed E-state index contributed by atoms with van der Waals surface area (Å²) in [4.78, 5) is 0. The van der Waals surface area contributed by atoms with Gasteiger partial charge < -0.3 is 5.32 Å². The Labute approximate surface area is 114 Å². The van der Waals surface area contributed by atoms with Gasteiger partial charge in [-0.15, -0.1) is 6.58 Å². The highest BCUT2D eigenvalue weighted by molar-refractivity contribution is 6.31. The van der Waals surface area contributed by atoms with Crippen LogP contribution < -0.4 is 5.32 Å². The van der Waals surface area contributed by atoms with Crippen LogP contribution in [0.15, 0.2) is 30.4 Å². The molecule has 0 spiro atoms. The molecule has 1 unspecified atom stereocenters. The molecule has 1 nitrogen and oxygen atoms in total. The Balaban J connectivity index is 2.78. The Morgan fingerprint density at radius 1 is 1.50 bits per heavy atom. The predicted molar refractivity (Wildman–Crippen MR) is 76.6 cm³/mol. The summed E-state index contributed by atoms with van der Waals surface area (Å²) in [5.74, 6) is -0.229. The van der Waals surface area contributed by atoms with Crippen molar-refractivity contribution in [3.8, 4) is 0 Å². The van der Waals surface area contributed by atoms with Crippen molar-refractivity contribution in [2.45, 2.75) is 39.2 Å². The topological polar surface area (TPSA) is 12.0 Å². The van der Waals surface area contributed by atoms with Crippen molar-refractivity contribution in [1.29, 1.82) is 0 Å². The number of halogens is 2. The highest BCUT2D eigenvalue weighted by Gasteiger charge is 2.14. The van der Waals surface area contributed by atoms with Crippen LogP contribution in [-0.2, 0) is 6.42 Å². The highest BCUT2D eigenvalue weighted by Crippen LogP contribution is 2.22. The van der Waals surface area contributed by atoms with Gasteiger partial charge in [-0.2, -0.15) is 0 Å². The van der Waals surface area contributed by atoms with E-state index in [0.29, 0.717) is 17.0 Å². The van der Waals surface area contributed by atoms with Gasteiger partial charge >= 0.3 is 0 Å². The molecule has 1 atom stereocenters. The van der Waals surface area contributed by atoms with E-state index < -0.39 is 0 Å². The number of hydrogen-bond acceptors (Lipinski definition) is 1. The first kappa shape index (κ1) is 15.2. The second-order valence-electron chi connectivity index (χ2n) is 4.72. The van der Waals surface area contributed by atoms with E-state index in [1.165, 1.54) is 6.07 Å². The van der Waals surface area contributed by atoms with E-state index in [9.17, 15) is 4.39 Å². The van der Waals surface area contributed by atoms with Crippen LogP contribution in [0.3, 0.4) is 0 Å². The van der Waals surface area contributed by atoms with Crippen molar-refractivity contribution in [2.24, 2.45) is 0 Å². The smallest absolute Gasteiger partial charge is 0.127 e. The first-order chi connectivity index (χ1) is 8.54. The third kappa shape index (κ3) is 4.79. The minimum Gasteiger partial charge on any atom is -0.313 e. The molecule has 0 aliphatic heterocycles. The predicted octanol–water partition coefficient (Wildman–Crippen LogP) is 4.36. The Bertz CT molecular complexity index is 383. The average molecular weight is 270 g/mol. The average Bonchev–Trinajstić information content (AvgIpc) is 2.30. The van der Waals surface area contributed by atoms with Crippen molar-refractivity contribution < 1.29 is 4.39 Å². The van der Waals surface area contributed by atoms with Crippen LogP contribution >= 0.6 is 11.6 Å². The lowest BCUT2D eigenvalue weighted by atomic mass is 9.99. The van der Waals surface area contributed by atoms with Gasteiger partial charge in [0.05, 0.1) is 0 Å². The molecule has 0 bridgehead atoms. The molecule has 0 aromatic heterocycles. The van der Waals surface area contributed by atoms with E-state index in [1.807, 2.05) is 6.92 Å². The maximum Gasteiger partial charge on any atom is 0.127 e. The SMILES string of the molecule is C=C(C)CC(Cc1c(F)cccc1Cl)NCCC. The molecule has 0 fully saturated rings. The number of benzene rings is 1. The van der Waals surface area contributed by atoms with Gasteiger partial charge in [0.25, 0.3) is 0 Å². The fraction of sp³-hybridized carbons (Fsp3) is 0.467. The Kier molecular flexibility index (Phi) is 6.37. The van der Waals surface area contributed by atoms with Gasteiger partial charge in [0.2, 0.25) is 0 Å². The first-order valence-electron chi connectivity index (χ1n) is 6.35. The van der Waals surface area contributed by atoms with Crippen LogP contribution in [0.1, 0.15) is 32.3 Å². The molecule has 0 saturated heterocycles. The summed E-state index contributed by atoms with van der Waals surface area (Å²) in [5, 5.41) is 3.92. The summed E-state index contributed by atoms with van der Waals surface area (Å²) >= 11 is 6.05. The minimum absolute atomic E-state index is 0.192. The third-order valence-electron chi connectivity index (χ3n) is 2.79.